The van der Waals surface area contributed by atoms with Gasteiger partial charge in [0.15, 0.2) is 0 Å². The first kappa shape index (κ1) is 19.9. The molecule has 7 heteroatoms. The number of allylic oxidation sites excluding steroid dienone is 1. The second-order valence-corrected chi connectivity index (χ2v) is 7.31. The summed E-state index contributed by atoms with van der Waals surface area (Å²) in [5.41, 5.74) is 2.24. The number of anilines is 1. The monoisotopic (exact) mass is 401 g/mol. The molecule has 28 heavy (non-hydrogen) atoms. The van der Waals surface area contributed by atoms with E-state index in [-0.39, 0.29) is 22.1 Å². The lowest BCUT2D eigenvalue weighted by atomic mass is 9.94. The minimum atomic E-state index is -1.01. The Bertz CT molecular complexity index is 952. The standard InChI is InChI=1S/C21H21ClFN3O2/c1-11(2)13-7-4-5-10-16(13)25-20(27)17-12(3)24-21(28)26-19(17)18-14(22)8-6-9-15(18)23/h4-11,19H,1-3H3,(H,25,27)(H2,24,26,28)/t19-/m0/s1. The van der Waals surface area contributed by atoms with Gasteiger partial charge in [0, 0.05) is 22.0 Å². The van der Waals surface area contributed by atoms with Gasteiger partial charge in [0.2, 0.25) is 0 Å². The molecule has 0 fully saturated rings. The number of nitrogens with one attached hydrogen (secondary N) is 3. The number of hydrogen-bond acceptors (Lipinski definition) is 2. The van der Waals surface area contributed by atoms with Crippen LogP contribution in [0, 0.1) is 5.82 Å². The molecule has 1 aliphatic rings. The lowest BCUT2D eigenvalue weighted by Crippen LogP contribution is -2.46. The zero-order valence-electron chi connectivity index (χ0n) is 15.8. The highest BCUT2D eigenvalue weighted by Gasteiger charge is 2.34. The summed E-state index contributed by atoms with van der Waals surface area (Å²) < 4.78 is 14.5. The van der Waals surface area contributed by atoms with Crippen molar-refractivity contribution in [3.63, 3.8) is 0 Å². The van der Waals surface area contributed by atoms with Gasteiger partial charge in [-0.3, -0.25) is 4.79 Å². The molecule has 3 amide bonds. The average molecular weight is 402 g/mol. The van der Waals surface area contributed by atoms with Gasteiger partial charge in [-0.25, -0.2) is 9.18 Å². The van der Waals surface area contributed by atoms with Gasteiger partial charge >= 0.3 is 6.03 Å². The quantitative estimate of drug-likeness (QED) is 0.684. The Morgan fingerprint density at radius 1 is 1.18 bits per heavy atom. The van der Waals surface area contributed by atoms with Gasteiger partial charge in [-0.15, -0.1) is 0 Å². The van der Waals surface area contributed by atoms with Crippen LogP contribution in [-0.2, 0) is 4.79 Å². The number of rotatable bonds is 4. The Morgan fingerprint density at radius 2 is 1.89 bits per heavy atom. The second kappa shape index (κ2) is 8.02. The molecule has 1 heterocycles. The molecule has 2 aromatic rings. The van der Waals surface area contributed by atoms with Gasteiger partial charge in [0.1, 0.15) is 5.82 Å². The summed E-state index contributed by atoms with van der Waals surface area (Å²) in [6.07, 6.45) is 0. The minimum Gasteiger partial charge on any atom is -0.327 e. The summed E-state index contributed by atoms with van der Waals surface area (Å²) in [5.74, 6) is -0.838. The van der Waals surface area contributed by atoms with Crippen molar-refractivity contribution in [1.82, 2.24) is 10.6 Å². The van der Waals surface area contributed by atoms with Crippen LogP contribution in [-0.4, -0.2) is 11.9 Å². The fourth-order valence-corrected chi connectivity index (χ4v) is 3.57. The van der Waals surface area contributed by atoms with Crippen molar-refractivity contribution in [3.8, 4) is 0 Å². The molecule has 0 aromatic heterocycles. The molecular formula is C21H21ClFN3O2. The van der Waals surface area contributed by atoms with Crippen LogP contribution in [0.5, 0.6) is 0 Å². The van der Waals surface area contributed by atoms with E-state index >= 15 is 0 Å². The van der Waals surface area contributed by atoms with E-state index in [9.17, 15) is 14.0 Å². The van der Waals surface area contributed by atoms with Crippen molar-refractivity contribution in [1.29, 1.82) is 0 Å². The Kier molecular flexibility index (Phi) is 5.70. The molecule has 0 bridgehead atoms. The molecule has 0 saturated heterocycles. The number of urea groups is 1. The summed E-state index contributed by atoms with van der Waals surface area (Å²) >= 11 is 6.19. The smallest absolute Gasteiger partial charge is 0.319 e. The molecule has 2 aromatic carbocycles. The van der Waals surface area contributed by atoms with Crippen LogP contribution in [0.4, 0.5) is 14.9 Å². The van der Waals surface area contributed by atoms with Crippen molar-refractivity contribution in [3.05, 3.63) is 75.7 Å². The summed E-state index contributed by atoms with van der Waals surface area (Å²) in [7, 11) is 0. The minimum absolute atomic E-state index is 0.0562. The number of amides is 3. The first-order chi connectivity index (χ1) is 13.3. The van der Waals surface area contributed by atoms with Gasteiger partial charge in [-0.2, -0.15) is 0 Å². The summed E-state index contributed by atoms with van der Waals surface area (Å²) in [6.45, 7) is 5.66. The Balaban J connectivity index is 2.03. The number of halogens is 2. The van der Waals surface area contributed by atoms with E-state index in [1.165, 1.54) is 18.2 Å². The van der Waals surface area contributed by atoms with E-state index < -0.39 is 23.8 Å². The van der Waals surface area contributed by atoms with Crippen LogP contribution >= 0.6 is 11.6 Å². The number of benzene rings is 2. The largest absolute Gasteiger partial charge is 0.327 e. The highest BCUT2D eigenvalue weighted by molar-refractivity contribution is 6.31. The van der Waals surface area contributed by atoms with Crippen LogP contribution in [0.2, 0.25) is 5.02 Å². The van der Waals surface area contributed by atoms with Crippen molar-refractivity contribution >= 4 is 29.2 Å². The maximum Gasteiger partial charge on any atom is 0.319 e. The third kappa shape index (κ3) is 3.87. The Hall–Kier alpha value is -2.86. The van der Waals surface area contributed by atoms with E-state index in [0.29, 0.717) is 11.4 Å². The highest BCUT2D eigenvalue weighted by atomic mass is 35.5. The zero-order chi connectivity index (χ0) is 20.4. The first-order valence-corrected chi connectivity index (χ1v) is 9.29. The van der Waals surface area contributed by atoms with Crippen molar-refractivity contribution in [2.75, 3.05) is 5.32 Å². The number of carbonyl (C=O) groups excluding carboxylic acids is 2. The average Bonchev–Trinajstić information content (AvgIpc) is 2.61. The summed E-state index contributed by atoms with van der Waals surface area (Å²) in [5, 5.41) is 8.21. The van der Waals surface area contributed by atoms with Crippen molar-refractivity contribution in [2.45, 2.75) is 32.7 Å². The molecule has 146 valence electrons. The third-order valence-electron chi connectivity index (χ3n) is 4.63. The molecule has 0 aliphatic carbocycles. The third-order valence-corrected chi connectivity index (χ3v) is 4.96. The SMILES string of the molecule is CC1=C(C(=O)Nc2ccccc2C(C)C)[C@@H](c2c(F)cccc2Cl)NC(=O)N1. The van der Waals surface area contributed by atoms with Crippen LogP contribution in [0.1, 0.15) is 43.9 Å². The van der Waals surface area contributed by atoms with Gasteiger partial charge in [0.05, 0.1) is 11.6 Å². The van der Waals surface area contributed by atoms with Gasteiger partial charge in [-0.05, 0) is 36.6 Å². The van der Waals surface area contributed by atoms with Crippen LogP contribution in [0.3, 0.4) is 0 Å². The zero-order valence-corrected chi connectivity index (χ0v) is 16.5. The molecule has 3 rings (SSSR count). The first-order valence-electron chi connectivity index (χ1n) is 8.92. The summed E-state index contributed by atoms with van der Waals surface area (Å²) in [6, 6.07) is 10.2. The molecule has 1 atom stereocenters. The molecule has 5 nitrogen and oxygen atoms in total. The molecule has 0 spiro atoms. The Morgan fingerprint density at radius 3 is 2.57 bits per heavy atom. The van der Waals surface area contributed by atoms with Gasteiger partial charge in [-0.1, -0.05) is 49.7 Å². The molecule has 0 saturated carbocycles. The second-order valence-electron chi connectivity index (χ2n) is 6.90. The lowest BCUT2D eigenvalue weighted by molar-refractivity contribution is -0.113. The van der Waals surface area contributed by atoms with E-state index in [4.69, 9.17) is 11.6 Å². The van der Waals surface area contributed by atoms with Gasteiger partial charge < -0.3 is 16.0 Å². The number of carbonyl (C=O) groups is 2. The maximum absolute atomic E-state index is 14.5. The molecule has 0 radical (unpaired) electrons. The predicted molar refractivity (Wildman–Crippen MR) is 108 cm³/mol. The van der Waals surface area contributed by atoms with Crippen molar-refractivity contribution < 1.29 is 14.0 Å². The number of para-hydroxylation sites is 1. The molecule has 3 N–H and O–H groups in total. The molecule has 0 unspecified atom stereocenters. The predicted octanol–water partition coefficient (Wildman–Crippen LogP) is 4.87. The van der Waals surface area contributed by atoms with Crippen LogP contribution in [0.15, 0.2) is 53.7 Å². The maximum atomic E-state index is 14.5. The van der Waals surface area contributed by atoms with E-state index in [1.54, 1.807) is 6.92 Å². The lowest BCUT2D eigenvalue weighted by Gasteiger charge is -2.29. The summed E-state index contributed by atoms with van der Waals surface area (Å²) in [4.78, 5) is 25.1. The van der Waals surface area contributed by atoms with E-state index in [0.717, 1.165) is 5.56 Å². The van der Waals surface area contributed by atoms with Gasteiger partial charge in [0.25, 0.3) is 5.91 Å². The van der Waals surface area contributed by atoms with Crippen molar-refractivity contribution in [2.24, 2.45) is 0 Å². The topological polar surface area (TPSA) is 70.2 Å². The van der Waals surface area contributed by atoms with Crippen LogP contribution < -0.4 is 16.0 Å². The molecule has 1 aliphatic heterocycles. The van der Waals surface area contributed by atoms with E-state index in [2.05, 4.69) is 16.0 Å². The van der Waals surface area contributed by atoms with E-state index in [1.807, 2.05) is 38.1 Å². The Labute approximate surface area is 168 Å². The highest BCUT2D eigenvalue weighted by Crippen LogP contribution is 2.34. The fraction of sp³-hybridized carbons (Fsp3) is 0.238. The van der Waals surface area contributed by atoms with Crippen LogP contribution in [0.25, 0.3) is 0 Å². The molecular weight excluding hydrogens is 381 g/mol. The fourth-order valence-electron chi connectivity index (χ4n) is 3.30. The number of hydrogen-bond donors (Lipinski definition) is 3. The normalized spacial score (nSPS) is 16.6.